The number of aliphatic hydroxyl groups is 1. The maximum atomic E-state index is 9.79. The molecular formula is C13H20OS. The molecule has 2 heteroatoms. The first-order chi connectivity index (χ1) is 7.22. The summed E-state index contributed by atoms with van der Waals surface area (Å²) in [6, 6.07) is 10.2. The van der Waals surface area contributed by atoms with Crippen molar-refractivity contribution in [3.8, 4) is 0 Å². The quantitative estimate of drug-likeness (QED) is 0.745. The van der Waals surface area contributed by atoms with E-state index in [2.05, 4.69) is 26.0 Å². The van der Waals surface area contributed by atoms with Gasteiger partial charge < -0.3 is 5.11 Å². The molecule has 0 saturated heterocycles. The van der Waals surface area contributed by atoms with Gasteiger partial charge in [-0.25, -0.2) is 0 Å². The van der Waals surface area contributed by atoms with Gasteiger partial charge in [0.15, 0.2) is 0 Å². The van der Waals surface area contributed by atoms with Gasteiger partial charge in [-0.05, 0) is 24.5 Å². The third kappa shape index (κ3) is 5.24. The van der Waals surface area contributed by atoms with Gasteiger partial charge in [0.25, 0.3) is 0 Å². The average molecular weight is 224 g/mol. The van der Waals surface area contributed by atoms with Crippen LogP contribution in [-0.2, 0) is 0 Å². The van der Waals surface area contributed by atoms with Crippen molar-refractivity contribution in [2.45, 2.75) is 37.7 Å². The molecule has 0 aromatic heterocycles. The van der Waals surface area contributed by atoms with Crippen LogP contribution in [0.25, 0.3) is 0 Å². The van der Waals surface area contributed by atoms with Crippen LogP contribution in [0.5, 0.6) is 0 Å². The summed E-state index contributed by atoms with van der Waals surface area (Å²) >= 11 is 1.73. The molecule has 15 heavy (non-hydrogen) atoms. The summed E-state index contributed by atoms with van der Waals surface area (Å²) in [5, 5.41) is 9.79. The zero-order valence-corrected chi connectivity index (χ0v) is 10.3. The van der Waals surface area contributed by atoms with E-state index in [1.54, 1.807) is 11.8 Å². The van der Waals surface area contributed by atoms with E-state index in [1.165, 1.54) is 4.90 Å². The van der Waals surface area contributed by atoms with Crippen LogP contribution in [0.2, 0.25) is 0 Å². The maximum absolute atomic E-state index is 9.79. The molecule has 2 atom stereocenters. The summed E-state index contributed by atoms with van der Waals surface area (Å²) in [6.45, 7) is 4.36. The van der Waals surface area contributed by atoms with Crippen LogP contribution in [0.4, 0.5) is 0 Å². The van der Waals surface area contributed by atoms with E-state index in [0.717, 1.165) is 18.6 Å². The van der Waals surface area contributed by atoms with Crippen molar-refractivity contribution in [1.29, 1.82) is 0 Å². The van der Waals surface area contributed by atoms with Gasteiger partial charge in [0.05, 0.1) is 6.10 Å². The molecule has 0 amide bonds. The largest absolute Gasteiger partial charge is 0.392 e. The minimum absolute atomic E-state index is 0.176. The van der Waals surface area contributed by atoms with E-state index < -0.39 is 0 Å². The van der Waals surface area contributed by atoms with E-state index in [1.807, 2.05) is 18.2 Å². The molecule has 1 rings (SSSR count). The van der Waals surface area contributed by atoms with Crippen molar-refractivity contribution in [2.75, 3.05) is 5.75 Å². The Kier molecular flexibility index (Phi) is 5.81. The normalized spacial score (nSPS) is 14.9. The molecule has 2 unspecified atom stereocenters. The highest BCUT2D eigenvalue weighted by molar-refractivity contribution is 7.99. The summed E-state index contributed by atoms with van der Waals surface area (Å²) in [4.78, 5) is 1.24. The van der Waals surface area contributed by atoms with Gasteiger partial charge in [-0.3, -0.25) is 0 Å². The Morgan fingerprint density at radius 2 is 1.93 bits per heavy atom. The van der Waals surface area contributed by atoms with Crippen LogP contribution >= 0.6 is 11.8 Å². The van der Waals surface area contributed by atoms with Gasteiger partial charge in [-0.2, -0.15) is 0 Å². The molecule has 0 spiro atoms. The predicted molar refractivity (Wildman–Crippen MR) is 67.2 cm³/mol. The van der Waals surface area contributed by atoms with Crippen molar-refractivity contribution in [3.63, 3.8) is 0 Å². The Labute approximate surface area is 96.9 Å². The van der Waals surface area contributed by atoms with Crippen LogP contribution in [0.15, 0.2) is 35.2 Å². The molecule has 84 valence electrons. The van der Waals surface area contributed by atoms with E-state index in [9.17, 15) is 5.11 Å². The molecule has 0 fully saturated rings. The van der Waals surface area contributed by atoms with Crippen molar-refractivity contribution in [3.05, 3.63) is 30.3 Å². The third-order valence-electron chi connectivity index (χ3n) is 2.56. The van der Waals surface area contributed by atoms with Crippen molar-refractivity contribution < 1.29 is 5.11 Å². The summed E-state index contributed by atoms with van der Waals surface area (Å²) in [5.74, 6) is 1.42. The smallest absolute Gasteiger partial charge is 0.0636 e. The maximum Gasteiger partial charge on any atom is 0.0636 e. The molecule has 0 aliphatic carbocycles. The molecule has 1 aromatic rings. The second kappa shape index (κ2) is 6.91. The Balaban J connectivity index is 2.25. The highest BCUT2D eigenvalue weighted by Gasteiger charge is 2.09. The van der Waals surface area contributed by atoms with Gasteiger partial charge >= 0.3 is 0 Å². The summed E-state index contributed by atoms with van der Waals surface area (Å²) in [7, 11) is 0. The van der Waals surface area contributed by atoms with E-state index in [-0.39, 0.29) is 6.10 Å². The monoisotopic (exact) mass is 224 g/mol. The average Bonchev–Trinajstić information content (AvgIpc) is 2.27. The van der Waals surface area contributed by atoms with Crippen molar-refractivity contribution in [2.24, 2.45) is 5.92 Å². The molecular weight excluding hydrogens is 204 g/mol. The Hall–Kier alpha value is -0.470. The second-order valence-electron chi connectivity index (χ2n) is 4.03. The van der Waals surface area contributed by atoms with Gasteiger partial charge in [-0.15, -0.1) is 11.8 Å². The fourth-order valence-corrected chi connectivity index (χ4v) is 2.28. The first-order valence-electron chi connectivity index (χ1n) is 5.58. The zero-order valence-electron chi connectivity index (χ0n) is 9.52. The minimum Gasteiger partial charge on any atom is -0.392 e. The lowest BCUT2D eigenvalue weighted by molar-refractivity contribution is 0.167. The molecule has 0 heterocycles. The van der Waals surface area contributed by atoms with Crippen LogP contribution in [0.1, 0.15) is 26.7 Å². The van der Waals surface area contributed by atoms with Gasteiger partial charge in [0.1, 0.15) is 0 Å². The summed E-state index contributed by atoms with van der Waals surface area (Å²) < 4.78 is 0. The molecule has 0 radical (unpaired) electrons. The highest BCUT2D eigenvalue weighted by Crippen LogP contribution is 2.20. The number of thioether (sulfide) groups is 1. The molecule has 0 saturated carbocycles. The SMILES string of the molecule is CCC(C)CC(O)CSc1ccccc1. The molecule has 1 nitrogen and oxygen atoms in total. The van der Waals surface area contributed by atoms with Gasteiger partial charge in [0, 0.05) is 10.6 Å². The number of benzene rings is 1. The third-order valence-corrected chi connectivity index (χ3v) is 3.71. The van der Waals surface area contributed by atoms with Crippen LogP contribution in [0, 0.1) is 5.92 Å². The van der Waals surface area contributed by atoms with E-state index in [4.69, 9.17) is 0 Å². The summed E-state index contributed by atoms with van der Waals surface area (Å²) in [6.07, 6.45) is 1.88. The number of hydrogen-bond donors (Lipinski definition) is 1. The Bertz CT molecular complexity index is 260. The van der Waals surface area contributed by atoms with E-state index >= 15 is 0 Å². The summed E-state index contributed by atoms with van der Waals surface area (Å²) in [5.41, 5.74) is 0. The zero-order chi connectivity index (χ0) is 11.1. The lowest BCUT2D eigenvalue weighted by Gasteiger charge is -2.14. The molecule has 1 N–H and O–H groups in total. The molecule has 0 aliphatic heterocycles. The lowest BCUT2D eigenvalue weighted by Crippen LogP contribution is -2.13. The second-order valence-corrected chi connectivity index (χ2v) is 5.12. The first kappa shape index (κ1) is 12.6. The van der Waals surface area contributed by atoms with Crippen LogP contribution in [-0.4, -0.2) is 17.0 Å². The number of rotatable bonds is 6. The highest BCUT2D eigenvalue weighted by atomic mass is 32.2. The van der Waals surface area contributed by atoms with E-state index in [0.29, 0.717) is 5.92 Å². The first-order valence-corrected chi connectivity index (χ1v) is 6.56. The predicted octanol–water partition coefficient (Wildman–Crippen LogP) is 3.58. The Morgan fingerprint density at radius 1 is 1.27 bits per heavy atom. The number of hydrogen-bond acceptors (Lipinski definition) is 2. The van der Waals surface area contributed by atoms with Gasteiger partial charge in [0.2, 0.25) is 0 Å². The van der Waals surface area contributed by atoms with Crippen LogP contribution < -0.4 is 0 Å². The van der Waals surface area contributed by atoms with Crippen LogP contribution in [0.3, 0.4) is 0 Å². The molecule has 0 aliphatic rings. The number of aliphatic hydroxyl groups excluding tert-OH is 1. The van der Waals surface area contributed by atoms with Gasteiger partial charge in [-0.1, -0.05) is 38.5 Å². The standard InChI is InChI=1S/C13H20OS/c1-3-11(2)9-12(14)10-15-13-7-5-4-6-8-13/h4-8,11-12,14H,3,9-10H2,1-2H3. The van der Waals surface area contributed by atoms with Crippen molar-refractivity contribution in [1.82, 2.24) is 0 Å². The fourth-order valence-electron chi connectivity index (χ4n) is 1.41. The lowest BCUT2D eigenvalue weighted by atomic mass is 10.0. The fraction of sp³-hybridized carbons (Fsp3) is 0.538. The minimum atomic E-state index is -0.176. The molecule has 0 bridgehead atoms. The Morgan fingerprint density at radius 3 is 2.53 bits per heavy atom. The topological polar surface area (TPSA) is 20.2 Å². The molecule has 1 aromatic carbocycles. The van der Waals surface area contributed by atoms with Crippen molar-refractivity contribution >= 4 is 11.8 Å².